The van der Waals surface area contributed by atoms with E-state index in [0.717, 1.165) is 48.5 Å². The van der Waals surface area contributed by atoms with Crippen molar-refractivity contribution in [2.75, 3.05) is 6.54 Å². The van der Waals surface area contributed by atoms with Crippen LogP contribution >= 0.6 is 0 Å². The number of halogens is 2. The minimum atomic E-state index is -2.82. The van der Waals surface area contributed by atoms with E-state index >= 15 is 0 Å². The summed E-state index contributed by atoms with van der Waals surface area (Å²) in [4.78, 5) is 21.9. The van der Waals surface area contributed by atoms with Gasteiger partial charge in [0.05, 0.1) is 11.3 Å². The number of rotatable bonds is 6. The van der Waals surface area contributed by atoms with Crippen LogP contribution in [0.4, 0.5) is 8.78 Å². The van der Waals surface area contributed by atoms with E-state index in [2.05, 4.69) is 26.5 Å². The van der Waals surface area contributed by atoms with Crippen LogP contribution in [0.25, 0.3) is 0 Å². The van der Waals surface area contributed by atoms with Crippen LogP contribution in [0.1, 0.15) is 36.0 Å². The van der Waals surface area contributed by atoms with Gasteiger partial charge in [0.15, 0.2) is 0 Å². The van der Waals surface area contributed by atoms with Crippen molar-refractivity contribution in [1.29, 1.82) is 0 Å². The number of nitrogens with one attached hydrogen (secondary N) is 1. The fourth-order valence-electron chi connectivity index (χ4n) is 3.06. The Kier molecular flexibility index (Phi) is 5.43. The Morgan fingerprint density at radius 3 is 2.76 bits per heavy atom. The fourth-order valence-corrected chi connectivity index (χ4v) is 3.06. The summed E-state index contributed by atoms with van der Waals surface area (Å²) < 4.78 is 28.7. The summed E-state index contributed by atoms with van der Waals surface area (Å²) in [5, 5.41) is 0. The molecule has 7 heteroatoms. The van der Waals surface area contributed by atoms with E-state index in [0.29, 0.717) is 13.1 Å². The SMILES string of the molecule is CCCc1nc2c(c(=O)[nH]1)CN(Cc1ccc(OC(F)F)cc1)CC2. The zero-order chi connectivity index (χ0) is 17.8. The van der Waals surface area contributed by atoms with Gasteiger partial charge in [0.1, 0.15) is 11.6 Å². The molecule has 1 N–H and O–H groups in total. The molecule has 0 aliphatic carbocycles. The smallest absolute Gasteiger partial charge is 0.387 e. The van der Waals surface area contributed by atoms with Crippen molar-refractivity contribution in [2.45, 2.75) is 45.9 Å². The lowest BCUT2D eigenvalue weighted by Gasteiger charge is -2.27. The number of fused-ring (bicyclic) bond motifs is 1. The van der Waals surface area contributed by atoms with E-state index in [4.69, 9.17) is 0 Å². The molecule has 5 nitrogen and oxygen atoms in total. The monoisotopic (exact) mass is 349 g/mol. The van der Waals surface area contributed by atoms with Crippen LogP contribution in [0.15, 0.2) is 29.1 Å². The summed E-state index contributed by atoms with van der Waals surface area (Å²) in [7, 11) is 0. The number of aromatic nitrogens is 2. The van der Waals surface area contributed by atoms with Crippen LogP contribution in [0, 0.1) is 0 Å². The Balaban J connectivity index is 1.68. The molecule has 0 bridgehead atoms. The van der Waals surface area contributed by atoms with Gasteiger partial charge in [0, 0.05) is 32.5 Å². The Hall–Kier alpha value is -2.28. The number of alkyl halides is 2. The summed E-state index contributed by atoms with van der Waals surface area (Å²) in [6.45, 7) is 1.23. The molecule has 0 saturated heterocycles. The molecule has 0 amide bonds. The van der Waals surface area contributed by atoms with Gasteiger partial charge in [-0.25, -0.2) is 4.98 Å². The number of H-pyrrole nitrogens is 1. The molecule has 134 valence electrons. The average Bonchev–Trinajstić information content (AvgIpc) is 2.57. The van der Waals surface area contributed by atoms with Gasteiger partial charge in [-0.05, 0) is 24.1 Å². The number of hydrogen-bond donors (Lipinski definition) is 1. The quantitative estimate of drug-likeness (QED) is 0.871. The summed E-state index contributed by atoms with van der Waals surface area (Å²) in [5.41, 5.74) is 2.55. The van der Waals surface area contributed by atoms with Crippen molar-refractivity contribution in [3.63, 3.8) is 0 Å². The Bertz CT molecular complexity index is 775. The number of benzene rings is 1. The van der Waals surface area contributed by atoms with Gasteiger partial charge < -0.3 is 9.72 Å². The third-order valence-electron chi connectivity index (χ3n) is 4.24. The van der Waals surface area contributed by atoms with E-state index in [1.807, 2.05) is 0 Å². The number of nitrogens with zero attached hydrogens (tertiary/aromatic N) is 2. The van der Waals surface area contributed by atoms with Gasteiger partial charge in [0.25, 0.3) is 5.56 Å². The molecule has 0 radical (unpaired) electrons. The summed E-state index contributed by atoms with van der Waals surface area (Å²) >= 11 is 0. The highest BCUT2D eigenvalue weighted by molar-refractivity contribution is 5.28. The van der Waals surface area contributed by atoms with E-state index < -0.39 is 6.61 Å². The Morgan fingerprint density at radius 1 is 1.32 bits per heavy atom. The van der Waals surface area contributed by atoms with E-state index in [1.165, 1.54) is 12.1 Å². The van der Waals surface area contributed by atoms with Crippen LogP contribution in [0.5, 0.6) is 5.75 Å². The van der Waals surface area contributed by atoms with Gasteiger partial charge in [0.2, 0.25) is 0 Å². The third kappa shape index (κ3) is 4.42. The predicted octanol–water partition coefficient (Wildman–Crippen LogP) is 2.88. The van der Waals surface area contributed by atoms with Crippen LogP contribution in [-0.2, 0) is 25.9 Å². The Labute approximate surface area is 144 Å². The van der Waals surface area contributed by atoms with Gasteiger partial charge >= 0.3 is 6.61 Å². The van der Waals surface area contributed by atoms with Gasteiger partial charge in [-0.2, -0.15) is 8.78 Å². The lowest BCUT2D eigenvalue weighted by molar-refractivity contribution is -0.0498. The van der Waals surface area contributed by atoms with Crippen LogP contribution in [-0.4, -0.2) is 28.0 Å². The molecular formula is C18H21F2N3O2. The molecule has 0 unspecified atom stereocenters. The minimum Gasteiger partial charge on any atom is -0.435 e. The van der Waals surface area contributed by atoms with Gasteiger partial charge in [-0.15, -0.1) is 0 Å². The lowest BCUT2D eigenvalue weighted by Crippen LogP contribution is -2.35. The standard InChI is InChI=1S/C18H21F2N3O2/c1-2-3-16-21-15-8-9-23(11-14(15)17(24)22-16)10-12-4-6-13(7-5-12)25-18(19)20/h4-7,18H,2-3,8-11H2,1H3,(H,21,22,24). The second kappa shape index (κ2) is 7.74. The number of ether oxygens (including phenoxy) is 1. The average molecular weight is 349 g/mol. The maximum absolute atomic E-state index is 12.3. The molecule has 0 spiro atoms. The third-order valence-corrected chi connectivity index (χ3v) is 4.24. The Morgan fingerprint density at radius 2 is 2.08 bits per heavy atom. The van der Waals surface area contributed by atoms with Crippen molar-refractivity contribution < 1.29 is 13.5 Å². The molecule has 0 fully saturated rings. The molecular weight excluding hydrogens is 328 g/mol. The van der Waals surface area contributed by atoms with Crippen molar-refractivity contribution in [1.82, 2.24) is 14.9 Å². The van der Waals surface area contributed by atoms with E-state index in [9.17, 15) is 13.6 Å². The number of hydrogen-bond acceptors (Lipinski definition) is 4. The summed E-state index contributed by atoms with van der Waals surface area (Å²) in [6, 6.07) is 6.59. The van der Waals surface area contributed by atoms with E-state index in [1.54, 1.807) is 12.1 Å². The van der Waals surface area contributed by atoms with Gasteiger partial charge in [-0.1, -0.05) is 19.1 Å². The van der Waals surface area contributed by atoms with Crippen molar-refractivity contribution >= 4 is 0 Å². The molecule has 1 aromatic carbocycles. The van der Waals surface area contributed by atoms with Crippen LogP contribution in [0.2, 0.25) is 0 Å². The first-order chi connectivity index (χ1) is 12.0. The van der Waals surface area contributed by atoms with Gasteiger partial charge in [-0.3, -0.25) is 9.69 Å². The molecule has 0 saturated carbocycles. The lowest BCUT2D eigenvalue weighted by atomic mass is 10.1. The molecule has 2 heterocycles. The number of aromatic amines is 1. The summed E-state index contributed by atoms with van der Waals surface area (Å²) in [6.07, 6.45) is 2.46. The highest BCUT2D eigenvalue weighted by atomic mass is 19.3. The fraction of sp³-hybridized carbons (Fsp3) is 0.444. The molecule has 1 aliphatic rings. The maximum atomic E-state index is 12.3. The molecule has 1 aliphatic heterocycles. The van der Waals surface area contributed by atoms with Crippen LogP contribution < -0.4 is 10.3 Å². The topological polar surface area (TPSA) is 58.2 Å². The zero-order valence-electron chi connectivity index (χ0n) is 14.1. The first-order valence-corrected chi connectivity index (χ1v) is 8.42. The second-order valence-electron chi connectivity index (χ2n) is 6.17. The highest BCUT2D eigenvalue weighted by Crippen LogP contribution is 2.19. The molecule has 0 atom stereocenters. The maximum Gasteiger partial charge on any atom is 0.387 e. The van der Waals surface area contributed by atoms with Crippen molar-refractivity contribution in [3.05, 3.63) is 57.3 Å². The molecule has 2 aromatic rings. The first kappa shape index (κ1) is 17.5. The summed E-state index contributed by atoms with van der Waals surface area (Å²) in [5.74, 6) is 0.904. The van der Waals surface area contributed by atoms with Crippen molar-refractivity contribution in [2.24, 2.45) is 0 Å². The highest BCUT2D eigenvalue weighted by Gasteiger charge is 2.21. The van der Waals surface area contributed by atoms with E-state index in [-0.39, 0.29) is 11.3 Å². The zero-order valence-corrected chi connectivity index (χ0v) is 14.1. The number of aryl methyl sites for hydroxylation is 1. The molecule has 1 aromatic heterocycles. The second-order valence-corrected chi connectivity index (χ2v) is 6.17. The molecule has 3 rings (SSSR count). The minimum absolute atomic E-state index is 0.0566. The first-order valence-electron chi connectivity index (χ1n) is 8.42. The van der Waals surface area contributed by atoms with Crippen LogP contribution in [0.3, 0.4) is 0 Å². The van der Waals surface area contributed by atoms with Crippen molar-refractivity contribution in [3.8, 4) is 5.75 Å². The largest absolute Gasteiger partial charge is 0.435 e. The molecule has 25 heavy (non-hydrogen) atoms. The normalized spacial score (nSPS) is 14.6. The predicted molar refractivity (Wildman–Crippen MR) is 89.7 cm³/mol.